The van der Waals surface area contributed by atoms with E-state index >= 15 is 0 Å². The first-order chi connectivity index (χ1) is 8.35. The van der Waals surface area contributed by atoms with Crippen molar-refractivity contribution in [3.63, 3.8) is 0 Å². The summed E-state index contributed by atoms with van der Waals surface area (Å²) < 4.78 is 23.5. The summed E-state index contributed by atoms with van der Waals surface area (Å²) in [6, 6.07) is 7.01. The molecule has 0 spiro atoms. The van der Waals surface area contributed by atoms with Crippen molar-refractivity contribution >= 4 is 15.6 Å². The lowest BCUT2D eigenvalue weighted by Crippen LogP contribution is -2.07. The minimum atomic E-state index is -3.15. The maximum absolute atomic E-state index is 11.8. The molecule has 0 aliphatic heterocycles. The highest BCUT2D eigenvalue weighted by atomic mass is 32.2. The van der Waals surface area contributed by atoms with E-state index in [0.29, 0.717) is 11.3 Å². The Hall–Kier alpha value is -1.16. The monoisotopic (exact) mass is 268 g/mol. The van der Waals surface area contributed by atoms with Gasteiger partial charge in [0.05, 0.1) is 10.6 Å². The predicted molar refractivity (Wildman–Crippen MR) is 72.3 cm³/mol. The molecule has 1 rings (SSSR count). The number of benzene rings is 1. The van der Waals surface area contributed by atoms with Crippen LogP contribution in [-0.4, -0.2) is 20.0 Å². The van der Waals surface area contributed by atoms with Crippen LogP contribution in [0.1, 0.15) is 32.8 Å². The van der Waals surface area contributed by atoms with E-state index in [1.807, 2.05) is 13.0 Å². The zero-order valence-corrected chi connectivity index (χ0v) is 12.0. The number of carbonyl (C=O) groups excluding carboxylic acids is 1. The molecule has 0 saturated carbocycles. The third-order valence-electron chi connectivity index (χ3n) is 2.86. The molecule has 0 aliphatic rings. The van der Waals surface area contributed by atoms with Crippen molar-refractivity contribution in [3.8, 4) is 0 Å². The van der Waals surface area contributed by atoms with Crippen molar-refractivity contribution in [3.05, 3.63) is 29.8 Å². The van der Waals surface area contributed by atoms with Crippen LogP contribution in [0.5, 0.6) is 0 Å². The second kappa shape index (κ2) is 6.14. The van der Waals surface area contributed by atoms with Gasteiger partial charge in [0.25, 0.3) is 0 Å². The summed E-state index contributed by atoms with van der Waals surface area (Å²) in [5, 5.41) is 0. The standard InChI is InChI=1S/C14H20O3S/c1-4-18(16,17)14-7-5-6-13(10-14)9-11(2)8-12(3)15/h5-7,10-11H,4,8-9H2,1-3H3. The Bertz CT molecular complexity index is 518. The van der Waals surface area contributed by atoms with Crippen LogP contribution >= 0.6 is 0 Å². The second-order valence-corrected chi connectivity index (χ2v) is 7.04. The molecule has 0 saturated heterocycles. The van der Waals surface area contributed by atoms with Crippen LogP contribution in [0.2, 0.25) is 0 Å². The topological polar surface area (TPSA) is 51.2 Å². The van der Waals surface area contributed by atoms with Crippen LogP contribution in [0.4, 0.5) is 0 Å². The van der Waals surface area contributed by atoms with Crippen molar-refractivity contribution < 1.29 is 13.2 Å². The number of sulfone groups is 1. The molecule has 3 nitrogen and oxygen atoms in total. The third kappa shape index (κ3) is 4.26. The first-order valence-corrected chi connectivity index (χ1v) is 7.81. The van der Waals surface area contributed by atoms with E-state index in [2.05, 4.69) is 0 Å². The minimum absolute atomic E-state index is 0.111. The normalized spacial score (nSPS) is 13.3. The number of rotatable bonds is 6. The molecular weight excluding hydrogens is 248 g/mol. The summed E-state index contributed by atoms with van der Waals surface area (Å²) in [5.41, 5.74) is 0.971. The number of Topliss-reactive ketones (excluding diaryl/α,β-unsaturated/α-hetero) is 1. The minimum Gasteiger partial charge on any atom is -0.300 e. The molecule has 0 amide bonds. The van der Waals surface area contributed by atoms with Crippen molar-refractivity contribution in [2.24, 2.45) is 5.92 Å². The molecule has 0 bridgehead atoms. The lowest BCUT2D eigenvalue weighted by Gasteiger charge is -2.10. The van der Waals surface area contributed by atoms with Gasteiger partial charge in [0.2, 0.25) is 0 Å². The molecule has 0 N–H and O–H groups in total. The predicted octanol–water partition coefficient (Wildman–Crippen LogP) is 2.64. The Balaban J connectivity index is 2.86. The molecule has 1 aromatic rings. The number of carbonyl (C=O) groups is 1. The van der Waals surface area contributed by atoms with Crippen LogP contribution in [0.25, 0.3) is 0 Å². The zero-order valence-electron chi connectivity index (χ0n) is 11.1. The second-order valence-electron chi connectivity index (χ2n) is 4.77. The Kier molecular flexibility index (Phi) is 5.08. The fourth-order valence-corrected chi connectivity index (χ4v) is 2.95. The summed E-state index contributed by atoms with van der Waals surface area (Å²) in [6.45, 7) is 5.22. The summed E-state index contributed by atoms with van der Waals surface area (Å²) in [5.74, 6) is 0.515. The molecule has 0 heterocycles. The maximum Gasteiger partial charge on any atom is 0.178 e. The maximum atomic E-state index is 11.8. The summed E-state index contributed by atoms with van der Waals surface area (Å²) >= 11 is 0. The lowest BCUT2D eigenvalue weighted by molar-refractivity contribution is -0.117. The Labute approximate surface area is 109 Å². The molecule has 1 atom stereocenters. The highest BCUT2D eigenvalue weighted by Gasteiger charge is 2.13. The Morgan fingerprint density at radius 1 is 1.33 bits per heavy atom. The average molecular weight is 268 g/mol. The zero-order chi connectivity index (χ0) is 13.8. The SMILES string of the molecule is CCS(=O)(=O)c1cccc(CC(C)CC(C)=O)c1. The van der Waals surface area contributed by atoms with Crippen LogP contribution in [0, 0.1) is 5.92 Å². The highest BCUT2D eigenvalue weighted by molar-refractivity contribution is 7.91. The van der Waals surface area contributed by atoms with Gasteiger partial charge in [-0.15, -0.1) is 0 Å². The summed E-state index contributed by atoms with van der Waals surface area (Å²) in [7, 11) is -3.15. The Morgan fingerprint density at radius 2 is 2.00 bits per heavy atom. The number of hydrogen-bond acceptors (Lipinski definition) is 3. The first-order valence-electron chi connectivity index (χ1n) is 6.16. The van der Waals surface area contributed by atoms with Gasteiger partial charge in [0.1, 0.15) is 5.78 Å². The number of hydrogen-bond donors (Lipinski definition) is 0. The van der Waals surface area contributed by atoms with Crippen molar-refractivity contribution in [2.45, 2.75) is 38.5 Å². The van der Waals surface area contributed by atoms with E-state index in [1.54, 1.807) is 32.0 Å². The number of ketones is 1. The molecule has 0 fully saturated rings. The van der Waals surface area contributed by atoms with Crippen LogP contribution < -0.4 is 0 Å². The van der Waals surface area contributed by atoms with E-state index < -0.39 is 9.84 Å². The van der Waals surface area contributed by atoms with E-state index in [1.165, 1.54) is 0 Å². The van der Waals surface area contributed by atoms with Gasteiger partial charge in [0.15, 0.2) is 9.84 Å². The molecule has 0 radical (unpaired) electrons. The highest BCUT2D eigenvalue weighted by Crippen LogP contribution is 2.17. The molecular formula is C14H20O3S. The molecule has 100 valence electrons. The Morgan fingerprint density at radius 3 is 2.56 bits per heavy atom. The molecule has 1 unspecified atom stereocenters. The van der Waals surface area contributed by atoms with Gasteiger partial charge in [-0.1, -0.05) is 26.0 Å². The average Bonchev–Trinajstić information content (AvgIpc) is 2.28. The fourth-order valence-electron chi connectivity index (χ4n) is 2.00. The van der Waals surface area contributed by atoms with Gasteiger partial charge in [-0.25, -0.2) is 8.42 Å². The van der Waals surface area contributed by atoms with Gasteiger partial charge in [-0.3, -0.25) is 0 Å². The van der Waals surface area contributed by atoms with Gasteiger partial charge in [-0.2, -0.15) is 0 Å². The third-order valence-corrected chi connectivity index (χ3v) is 4.59. The van der Waals surface area contributed by atoms with Gasteiger partial charge in [-0.05, 0) is 37.0 Å². The molecule has 4 heteroatoms. The van der Waals surface area contributed by atoms with Gasteiger partial charge < -0.3 is 4.79 Å². The molecule has 1 aromatic carbocycles. The summed E-state index contributed by atoms with van der Waals surface area (Å²) in [6.07, 6.45) is 1.26. The van der Waals surface area contributed by atoms with Gasteiger partial charge >= 0.3 is 0 Å². The van der Waals surface area contributed by atoms with Crippen LogP contribution in [0.15, 0.2) is 29.2 Å². The first kappa shape index (κ1) is 14.9. The quantitative estimate of drug-likeness (QED) is 0.797. The fraction of sp³-hybridized carbons (Fsp3) is 0.500. The summed E-state index contributed by atoms with van der Waals surface area (Å²) in [4.78, 5) is 11.4. The van der Waals surface area contributed by atoms with Crippen molar-refractivity contribution in [1.29, 1.82) is 0 Å². The van der Waals surface area contributed by atoms with Crippen molar-refractivity contribution in [1.82, 2.24) is 0 Å². The molecule has 0 aromatic heterocycles. The lowest BCUT2D eigenvalue weighted by atomic mass is 9.97. The van der Waals surface area contributed by atoms with E-state index in [4.69, 9.17) is 0 Å². The van der Waals surface area contributed by atoms with E-state index in [-0.39, 0.29) is 17.5 Å². The largest absolute Gasteiger partial charge is 0.300 e. The van der Waals surface area contributed by atoms with Crippen LogP contribution in [0.3, 0.4) is 0 Å². The van der Waals surface area contributed by atoms with E-state index in [9.17, 15) is 13.2 Å². The van der Waals surface area contributed by atoms with Gasteiger partial charge in [0, 0.05) is 6.42 Å². The smallest absolute Gasteiger partial charge is 0.178 e. The molecule has 0 aliphatic carbocycles. The van der Waals surface area contributed by atoms with E-state index in [0.717, 1.165) is 12.0 Å². The molecule has 18 heavy (non-hydrogen) atoms. The van der Waals surface area contributed by atoms with Crippen LogP contribution in [-0.2, 0) is 21.1 Å². The van der Waals surface area contributed by atoms with Crippen molar-refractivity contribution in [2.75, 3.05) is 5.75 Å².